The summed E-state index contributed by atoms with van der Waals surface area (Å²) in [6, 6.07) is -0.00426. The predicted octanol–water partition coefficient (Wildman–Crippen LogP) is 1.14. The minimum absolute atomic E-state index is 0.00426. The zero-order valence-corrected chi connectivity index (χ0v) is 11.7. The number of aromatic amines is 1. The number of ether oxygens (including phenoxy) is 1. The number of nitrogens with one attached hydrogen (secondary N) is 1. The minimum atomic E-state index is -0.00426. The fraction of sp³-hybridized carbons (Fsp3) is 0.786. The van der Waals surface area contributed by atoms with Crippen LogP contribution in [0, 0.1) is 17.8 Å². The lowest BCUT2D eigenvalue weighted by molar-refractivity contribution is -0.134. The average Bonchev–Trinajstić information content (AvgIpc) is 3.34. The molecule has 1 saturated heterocycles. The van der Waals surface area contributed by atoms with E-state index in [1.54, 1.807) is 7.11 Å². The van der Waals surface area contributed by atoms with Crippen molar-refractivity contribution in [1.82, 2.24) is 20.1 Å². The molecule has 4 atom stereocenters. The molecule has 108 valence electrons. The highest BCUT2D eigenvalue weighted by molar-refractivity contribution is 5.82. The fourth-order valence-corrected chi connectivity index (χ4v) is 3.60. The topological polar surface area (TPSA) is 71.1 Å². The molecule has 1 aromatic rings. The van der Waals surface area contributed by atoms with Crippen molar-refractivity contribution in [1.29, 1.82) is 0 Å². The second-order valence-corrected chi connectivity index (χ2v) is 6.31. The summed E-state index contributed by atoms with van der Waals surface area (Å²) < 4.78 is 5.45. The largest absolute Gasteiger partial charge is 0.380 e. The van der Waals surface area contributed by atoms with E-state index in [2.05, 4.69) is 15.2 Å². The van der Waals surface area contributed by atoms with Crippen molar-refractivity contribution in [3.05, 3.63) is 12.2 Å². The number of rotatable bonds is 4. The summed E-state index contributed by atoms with van der Waals surface area (Å²) in [5.74, 6) is 2.81. The van der Waals surface area contributed by atoms with E-state index in [-0.39, 0.29) is 18.1 Å². The molecule has 6 nitrogen and oxygen atoms in total. The smallest absolute Gasteiger partial charge is 0.226 e. The highest BCUT2D eigenvalue weighted by atomic mass is 16.5. The summed E-state index contributed by atoms with van der Waals surface area (Å²) in [4.78, 5) is 18.9. The van der Waals surface area contributed by atoms with E-state index in [9.17, 15) is 4.79 Å². The molecule has 1 aromatic heterocycles. The Labute approximate surface area is 117 Å². The third kappa shape index (κ3) is 2.02. The number of nitrogens with zero attached hydrogens (tertiary/aromatic N) is 3. The van der Waals surface area contributed by atoms with Gasteiger partial charge < -0.3 is 9.64 Å². The highest BCUT2D eigenvalue weighted by Gasteiger charge is 2.54. The number of H-pyrrole nitrogens is 1. The van der Waals surface area contributed by atoms with Gasteiger partial charge in [0.2, 0.25) is 5.91 Å². The molecule has 1 N–H and O–H groups in total. The number of aromatic nitrogens is 3. The Bertz CT molecular complexity index is 499. The minimum Gasteiger partial charge on any atom is -0.380 e. The van der Waals surface area contributed by atoms with Gasteiger partial charge in [-0.05, 0) is 31.1 Å². The molecule has 20 heavy (non-hydrogen) atoms. The van der Waals surface area contributed by atoms with Gasteiger partial charge >= 0.3 is 0 Å². The van der Waals surface area contributed by atoms with Gasteiger partial charge in [0.25, 0.3) is 0 Å². The highest BCUT2D eigenvalue weighted by Crippen LogP contribution is 2.55. The van der Waals surface area contributed by atoms with Crippen LogP contribution in [0.2, 0.25) is 0 Å². The molecule has 2 heterocycles. The molecule has 3 aliphatic rings. The molecule has 1 amide bonds. The zero-order valence-electron chi connectivity index (χ0n) is 11.7. The van der Waals surface area contributed by atoms with Gasteiger partial charge in [-0.25, -0.2) is 4.98 Å². The quantitative estimate of drug-likeness (QED) is 0.895. The van der Waals surface area contributed by atoms with Crippen LogP contribution in [0.3, 0.4) is 0 Å². The van der Waals surface area contributed by atoms with Crippen molar-refractivity contribution in [2.75, 3.05) is 13.7 Å². The molecule has 2 saturated carbocycles. The molecule has 0 radical (unpaired) electrons. The number of hydrogen-bond donors (Lipinski definition) is 1. The van der Waals surface area contributed by atoms with E-state index in [4.69, 9.17) is 4.74 Å². The van der Waals surface area contributed by atoms with Gasteiger partial charge in [0, 0.05) is 26.0 Å². The summed E-state index contributed by atoms with van der Waals surface area (Å²) in [6.07, 6.45) is 6.13. The molecular weight excluding hydrogens is 256 g/mol. The maximum atomic E-state index is 12.7. The number of hydrogen-bond acceptors (Lipinski definition) is 4. The molecule has 2 aliphatic carbocycles. The number of carbonyl (C=O) groups is 1. The van der Waals surface area contributed by atoms with Crippen molar-refractivity contribution in [3.8, 4) is 0 Å². The molecule has 0 bridgehead atoms. The van der Waals surface area contributed by atoms with Gasteiger partial charge in [0.1, 0.15) is 12.2 Å². The van der Waals surface area contributed by atoms with E-state index in [1.165, 1.54) is 19.2 Å². The molecule has 6 heteroatoms. The molecule has 4 rings (SSSR count). The lowest BCUT2D eigenvalue weighted by Gasteiger charge is -2.22. The van der Waals surface area contributed by atoms with Crippen molar-refractivity contribution in [2.24, 2.45) is 17.8 Å². The standard InChI is InChI=1S/C14H20N4O2/c1-20-9-4-12(13-15-7-16-17-13)18(6-9)14(19)11-5-10(11)8-2-3-8/h7-12H,2-6H2,1H3,(H,15,16,17)/t9-,10?,11?,12+/m1/s1. The van der Waals surface area contributed by atoms with Crippen molar-refractivity contribution in [3.63, 3.8) is 0 Å². The summed E-state index contributed by atoms with van der Waals surface area (Å²) in [6.45, 7) is 0.675. The summed E-state index contributed by atoms with van der Waals surface area (Å²) in [5, 5.41) is 6.81. The predicted molar refractivity (Wildman–Crippen MR) is 70.6 cm³/mol. The maximum Gasteiger partial charge on any atom is 0.226 e. The lowest BCUT2D eigenvalue weighted by atomic mass is 10.1. The summed E-state index contributed by atoms with van der Waals surface area (Å²) in [7, 11) is 1.71. The summed E-state index contributed by atoms with van der Waals surface area (Å²) >= 11 is 0. The first-order valence-corrected chi connectivity index (χ1v) is 7.46. The number of likely N-dealkylation sites (tertiary alicyclic amines) is 1. The molecule has 2 unspecified atom stereocenters. The van der Waals surface area contributed by atoms with Gasteiger partial charge in [-0.3, -0.25) is 9.89 Å². The second kappa shape index (κ2) is 4.55. The van der Waals surface area contributed by atoms with Crippen LogP contribution in [-0.4, -0.2) is 45.7 Å². The van der Waals surface area contributed by atoms with Crippen LogP contribution in [0.4, 0.5) is 0 Å². The number of methoxy groups -OCH3 is 1. The van der Waals surface area contributed by atoms with Gasteiger partial charge in [-0.15, -0.1) is 0 Å². The van der Waals surface area contributed by atoms with Gasteiger partial charge in [-0.1, -0.05) is 0 Å². The maximum absolute atomic E-state index is 12.7. The zero-order chi connectivity index (χ0) is 13.7. The first kappa shape index (κ1) is 12.3. The Balaban J connectivity index is 1.50. The Kier molecular flexibility index (Phi) is 2.80. The summed E-state index contributed by atoms with van der Waals surface area (Å²) in [5.41, 5.74) is 0. The van der Waals surface area contributed by atoms with E-state index >= 15 is 0 Å². The normalized spacial score (nSPS) is 36.4. The molecular formula is C14H20N4O2. The average molecular weight is 276 g/mol. The van der Waals surface area contributed by atoms with Gasteiger partial charge in [0.05, 0.1) is 12.1 Å². The van der Waals surface area contributed by atoms with E-state index in [0.717, 1.165) is 24.6 Å². The first-order valence-electron chi connectivity index (χ1n) is 7.46. The van der Waals surface area contributed by atoms with E-state index in [1.807, 2.05) is 4.90 Å². The number of amides is 1. The van der Waals surface area contributed by atoms with Crippen LogP contribution in [0.15, 0.2) is 6.33 Å². The molecule has 3 fully saturated rings. The third-order valence-electron chi connectivity index (χ3n) is 5.01. The van der Waals surface area contributed by atoms with Gasteiger partial charge in [0.15, 0.2) is 0 Å². The Morgan fingerprint density at radius 2 is 2.30 bits per heavy atom. The van der Waals surface area contributed by atoms with Crippen LogP contribution in [0.5, 0.6) is 0 Å². The number of carbonyl (C=O) groups excluding carboxylic acids is 1. The van der Waals surface area contributed by atoms with Crippen molar-refractivity contribution < 1.29 is 9.53 Å². The lowest BCUT2D eigenvalue weighted by Crippen LogP contribution is -2.34. The SMILES string of the molecule is CO[C@@H]1C[C@@H](c2ncn[nH]2)N(C(=O)C2CC2C2CC2)C1. The second-order valence-electron chi connectivity index (χ2n) is 6.31. The van der Waals surface area contributed by atoms with Crippen molar-refractivity contribution in [2.45, 2.75) is 37.8 Å². The molecule has 0 spiro atoms. The Morgan fingerprint density at radius 3 is 2.95 bits per heavy atom. The van der Waals surface area contributed by atoms with Crippen LogP contribution in [-0.2, 0) is 9.53 Å². The Morgan fingerprint density at radius 1 is 1.45 bits per heavy atom. The van der Waals surface area contributed by atoms with Crippen molar-refractivity contribution >= 4 is 5.91 Å². The van der Waals surface area contributed by atoms with Crippen LogP contribution < -0.4 is 0 Å². The van der Waals surface area contributed by atoms with Crippen LogP contribution in [0.25, 0.3) is 0 Å². The van der Waals surface area contributed by atoms with E-state index < -0.39 is 0 Å². The third-order valence-corrected chi connectivity index (χ3v) is 5.01. The molecule has 1 aliphatic heterocycles. The van der Waals surface area contributed by atoms with E-state index in [0.29, 0.717) is 18.4 Å². The fourth-order valence-electron chi connectivity index (χ4n) is 3.60. The van der Waals surface area contributed by atoms with Crippen LogP contribution >= 0.6 is 0 Å². The monoisotopic (exact) mass is 276 g/mol. The Hall–Kier alpha value is -1.43. The van der Waals surface area contributed by atoms with Crippen LogP contribution in [0.1, 0.15) is 37.5 Å². The molecule has 0 aromatic carbocycles. The first-order chi connectivity index (χ1) is 9.78. The van der Waals surface area contributed by atoms with Gasteiger partial charge in [-0.2, -0.15) is 5.10 Å².